The molecule has 0 N–H and O–H groups in total. The lowest BCUT2D eigenvalue weighted by Crippen LogP contribution is -2.05. The van der Waals surface area contributed by atoms with Crippen molar-refractivity contribution in [1.29, 1.82) is 0 Å². The summed E-state index contributed by atoms with van der Waals surface area (Å²) in [5.41, 5.74) is 0. The van der Waals surface area contributed by atoms with E-state index in [9.17, 15) is 0 Å². The van der Waals surface area contributed by atoms with Crippen LogP contribution >= 0.6 is 27.3 Å². The lowest BCUT2D eigenvalue weighted by Gasteiger charge is -2.05. The van der Waals surface area contributed by atoms with Gasteiger partial charge in [-0.05, 0) is 15.9 Å². The number of nitrogens with zero attached hydrogens (tertiary/aromatic N) is 2. The molecule has 0 bridgehead atoms. The zero-order chi connectivity index (χ0) is 6.85. The van der Waals surface area contributed by atoms with Gasteiger partial charge in [-0.1, -0.05) is 11.3 Å². The lowest BCUT2D eigenvalue weighted by atomic mass is 10.7. The van der Waals surface area contributed by atoms with Gasteiger partial charge in [-0.25, -0.2) is 4.98 Å². The van der Waals surface area contributed by atoms with Gasteiger partial charge in [0.25, 0.3) is 0 Å². The summed E-state index contributed by atoms with van der Waals surface area (Å²) >= 11 is 4.91. The fraction of sp³-hybridized carbons (Fsp3) is 0.400. The molecule has 0 aromatic carbocycles. The molecule has 0 radical (unpaired) electrons. The first kappa shape index (κ1) is 7.02. The van der Waals surface area contributed by atoms with Crippen molar-refractivity contribution in [2.45, 2.75) is 0 Å². The summed E-state index contributed by atoms with van der Waals surface area (Å²) in [5.74, 6) is 0. The second-order valence-electron chi connectivity index (χ2n) is 1.85. The van der Waals surface area contributed by atoms with Crippen molar-refractivity contribution in [3.63, 3.8) is 0 Å². The third-order valence-corrected chi connectivity index (χ3v) is 2.55. The smallest absolute Gasteiger partial charge is 0.161 e. The molecule has 0 spiro atoms. The van der Waals surface area contributed by atoms with Gasteiger partial charge in [0.2, 0.25) is 0 Å². The van der Waals surface area contributed by atoms with Crippen molar-refractivity contribution in [3.05, 3.63) is 10.1 Å². The van der Waals surface area contributed by atoms with E-state index in [4.69, 9.17) is 0 Å². The minimum Gasteiger partial charge on any atom is -0.368 e. The number of aromatic nitrogens is 1. The molecule has 0 aliphatic rings. The second-order valence-corrected chi connectivity index (χ2v) is 4.13. The summed E-state index contributed by atoms with van der Waals surface area (Å²) in [6.07, 6.45) is 1.84. The van der Waals surface area contributed by atoms with Gasteiger partial charge in [0, 0.05) is 14.1 Å². The van der Waals surface area contributed by atoms with Crippen molar-refractivity contribution in [1.82, 2.24) is 4.98 Å². The molecule has 1 heterocycles. The summed E-state index contributed by atoms with van der Waals surface area (Å²) < 4.78 is 0.936. The van der Waals surface area contributed by atoms with Crippen LogP contribution in [-0.4, -0.2) is 19.1 Å². The fourth-order valence-corrected chi connectivity index (χ4v) is 1.62. The predicted molar refractivity (Wildman–Crippen MR) is 44.1 cm³/mol. The first-order chi connectivity index (χ1) is 4.20. The minimum atomic E-state index is 0.936. The first-order valence-electron chi connectivity index (χ1n) is 2.49. The van der Waals surface area contributed by atoms with Crippen LogP contribution in [0.5, 0.6) is 0 Å². The van der Waals surface area contributed by atoms with Crippen LogP contribution in [0.2, 0.25) is 0 Å². The SMILES string of the molecule is CN(C)c1cnc(Br)s1. The Morgan fingerprint density at radius 2 is 2.33 bits per heavy atom. The van der Waals surface area contributed by atoms with E-state index < -0.39 is 0 Å². The number of hydrogen-bond acceptors (Lipinski definition) is 3. The number of hydrogen-bond donors (Lipinski definition) is 0. The Balaban J connectivity index is 2.85. The number of thiazole rings is 1. The fourth-order valence-electron chi connectivity index (χ4n) is 0.452. The Labute approximate surface area is 66.6 Å². The monoisotopic (exact) mass is 206 g/mol. The van der Waals surface area contributed by atoms with E-state index in [0.29, 0.717) is 0 Å². The number of rotatable bonds is 1. The van der Waals surface area contributed by atoms with E-state index in [-0.39, 0.29) is 0 Å². The van der Waals surface area contributed by atoms with E-state index in [1.807, 2.05) is 25.2 Å². The van der Waals surface area contributed by atoms with Crippen molar-refractivity contribution < 1.29 is 0 Å². The number of anilines is 1. The molecule has 9 heavy (non-hydrogen) atoms. The second kappa shape index (κ2) is 2.66. The molecule has 0 unspecified atom stereocenters. The average Bonchev–Trinajstić information content (AvgIpc) is 2.14. The molecule has 50 valence electrons. The average molecular weight is 207 g/mol. The van der Waals surface area contributed by atoms with Crippen LogP contribution in [0.25, 0.3) is 0 Å². The van der Waals surface area contributed by atoms with Crippen molar-refractivity contribution in [2.75, 3.05) is 19.0 Å². The Morgan fingerprint density at radius 3 is 2.56 bits per heavy atom. The third-order valence-electron chi connectivity index (χ3n) is 0.906. The molecule has 0 saturated heterocycles. The Hall–Kier alpha value is -0.0900. The van der Waals surface area contributed by atoms with Gasteiger partial charge in [-0.15, -0.1) is 0 Å². The summed E-state index contributed by atoms with van der Waals surface area (Å²) in [7, 11) is 4.00. The summed E-state index contributed by atoms with van der Waals surface area (Å²) in [5, 5.41) is 1.17. The summed E-state index contributed by atoms with van der Waals surface area (Å²) in [6.45, 7) is 0. The van der Waals surface area contributed by atoms with Crippen molar-refractivity contribution >= 4 is 32.3 Å². The first-order valence-corrected chi connectivity index (χ1v) is 4.10. The van der Waals surface area contributed by atoms with Crippen molar-refractivity contribution in [2.24, 2.45) is 0 Å². The highest BCUT2D eigenvalue weighted by atomic mass is 79.9. The van der Waals surface area contributed by atoms with Gasteiger partial charge in [-0.2, -0.15) is 0 Å². The molecule has 0 fully saturated rings. The molecule has 1 rings (SSSR count). The Kier molecular flexibility index (Phi) is 2.08. The zero-order valence-corrected chi connectivity index (χ0v) is 7.66. The third kappa shape index (κ3) is 1.66. The Morgan fingerprint density at radius 1 is 1.67 bits per heavy atom. The maximum absolute atomic E-state index is 4.03. The maximum atomic E-state index is 4.03. The molecule has 1 aromatic rings. The lowest BCUT2D eigenvalue weighted by molar-refractivity contribution is 1.15. The zero-order valence-electron chi connectivity index (χ0n) is 5.26. The molecule has 0 aliphatic carbocycles. The quantitative estimate of drug-likeness (QED) is 0.699. The maximum Gasteiger partial charge on any atom is 0.161 e. The summed E-state index contributed by atoms with van der Waals surface area (Å²) in [6, 6.07) is 0. The van der Waals surface area contributed by atoms with Crippen LogP contribution in [0.3, 0.4) is 0 Å². The molecular formula is C5H7BrN2S. The highest BCUT2D eigenvalue weighted by Gasteiger charge is 1.98. The van der Waals surface area contributed by atoms with Gasteiger partial charge in [-0.3, -0.25) is 0 Å². The van der Waals surface area contributed by atoms with Crippen LogP contribution in [0.1, 0.15) is 0 Å². The van der Waals surface area contributed by atoms with Crippen LogP contribution in [0.4, 0.5) is 5.00 Å². The Bertz CT molecular complexity index is 197. The van der Waals surface area contributed by atoms with Crippen LogP contribution in [0.15, 0.2) is 10.1 Å². The normalized spacial score (nSPS) is 9.67. The summed E-state index contributed by atoms with van der Waals surface area (Å²) in [4.78, 5) is 6.06. The predicted octanol–water partition coefficient (Wildman–Crippen LogP) is 1.97. The highest BCUT2D eigenvalue weighted by Crippen LogP contribution is 2.24. The topological polar surface area (TPSA) is 16.1 Å². The van der Waals surface area contributed by atoms with Crippen LogP contribution < -0.4 is 4.90 Å². The van der Waals surface area contributed by atoms with Gasteiger partial charge in [0.15, 0.2) is 3.92 Å². The molecule has 1 aromatic heterocycles. The molecule has 2 nitrogen and oxygen atoms in total. The van der Waals surface area contributed by atoms with Gasteiger partial charge in [0.1, 0.15) is 5.00 Å². The van der Waals surface area contributed by atoms with Crippen LogP contribution in [0, 0.1) is 0 Å². The standard InChI is InChI=1S/C5H7BrN2S/c1-8(2)4-3-7-5(6)9-4/h3H,1-2H3. The van der Waals surface area contributed by atoms with Gasteiger partial charge in [0.05, 0.1) is 6.20 Å². The van der Waals surface area contributed by atoms with E-state index in [0.717, 1.165) is 3.92 Å². The molecule has 0 amide bonds. The van der Waals surface area contributed by atoms with Crippen LogP contribution in [-0.2, 0) is 0 Å². The van der Waals surface area contributed by atoms with E-state index >= 15 is 0 Å². The van der Waals surface area contributed by atoms with E-state index in [1.165, 1.54) is 5.00 Å². The number of halogens is 1. The van der Waals surface area contributed by atoms with Crippen molar-refractivity contribution in [3.8, 4) is 0 Å². The van der Waals surface area contributed by atoms with E-state index in [1.54, 1.807) is 11.3 Å². The van der Waals surface area contributed by atoms with Gasteiger partial charge < -0.3 is 4.90 Å². The molecule has 0 saturated carbocycles. The minimum absolute atomic E-state index is 0.936. The molecule has 0 aliphatic heterocycles. The van der Waals surface area contributed by atoms with Gasteiger partial charge >= 0.3 is 0 Å². The largest absolute Gasteiger partial charge is 0.368 e. The molecule has 4 heteroatoms. The highest BCUT2D eigenvalue weighted by molar-refractivity contribution is 9.11. The van der Waals surface area contributed by atoms with E-state index in [2.05, 4.69) is 20.9 Å². The molecular weight excluding hydrogens is 200 g/mol. The molecule has 0 atom stereocenters.